The maximum absolute atomic E-state index is 11.5. The Kier molecular flexibility index (Phi) is 2.47. The van der Waals surface area contributed by atoms with Crippen molar-refractivity contribution >= 4 is 11.6 Å². The Labute approximate surface area is 82.2 Å². The molecule has 1 atom stereocenters. The van der Waals surface area contributed by atoms with Crippen LogP contribution >= 0.6 is 0 Å². The largest absolute Gasteiger partial charge is 0.370 e. The highest BCUT2D eigenvalue weighted by Crippen LogP contribution is 2.15. The second-order valence-electron chi connectivity index (χ2n) is 3.18. The Morgan fingerprint density at radius 1 is 1.36 bits per heavy atom. The number of amides is 1. The van der Waals surface area contributed by atoms with Crippen LogP contribution in [-0.2, 0) is 4.79 Å². The first-order valence-corrected chi connectivity index (χ1v) is 4.57. The molecule has 1 saturated heterocycles. The lowest BCUT2D eigenvalue weighted by atomic mass is 10.2. The second-order valence-corrected chi connectivity index (χ2v) is 3.18. The van der Waals surface area contributed by atoms with Crippen LogP contribution in [-0.4, -0.2) is 30.3 Å². The fraction of sp³-hybridized carbons (Fsp3) is 0.300. The third-order valence-electron chi connectivity index (χ3n) is 2.24. The van der Waals surface area contributed by atoms with Crippen molar-refractivity contribution in [2.75, 3.05) is 18.0 Å². The summed E-state index contributed by atoms with van der Waals surface area (Å²) in [6.07, 6.45) is -1.07. The van der Waals surface area contributed by atoms with Gasteiger partial charge in [0, 0.05) is 18.8 Å². The van der Waals surface area contributed by atoms with E-state index in [2.05, 4.69) is 5.32 Å². The van der Waals surface area contributed by atoms with Gasteiger partial charge in [-0.2, -0.15) is 0 Å². The molecule has 0 aliphatic carbocycles. The van der Waals surface area contributed by atoms with E-state index in [1.165, 1.54) is 0 Å². The van der Waals surface area contributed by atoms with Crippen LogP contribution < -0.4 is 10.2 Å². The highest BCUT2D eigenvalue weighted by molar-refractivity contribution is 5.96. The lowest BCUT2D eigenvalue weighted by Crippen LogP contribution is -2.55. The summed E-state index contributed by atoms with van der Waals surface area (Å²) in [7, 11) is 0. The van der Waals surface area contributed by atoms with E-state index < -0.39 is 6.23 Å². The van der Waals surface area contributed by atoms with Crippen molar-refractivity contribution in [3.05, 3.63) is 30.3 Å². The molecule has 74 valence electrons. The fourth-order valence-corrected chi connectivity index (χ4v) is 1.52. The molecule has 1 aliphatic heterocycles. The number of hydrogen-bond acceptors (Lipinski definition) is 3. The number of aliphatic hydroxyl groups is 1. The minimum absolute atomic E-state index is 0.289. The van der Waals surface area contributed by atoms with Gasteiger partial charge in [0.1, 0.15) is 0 Å². The molecule has 1 unspecified atom stereocenters. The van der Waals surface area contributed by atoms with Crippen LogP contribution in [0, 0.1) is 0 Å². The van der Waals surface area contributed by atoms with Gasteiger partial charge in [0.25, 0.3) is 5.91 Å². The summed E-state index contributed by atoms with van der Waals surface area (Å²) in [5.41, 5.74) is 0.832. The molecule has 1 heterocycles. The number of carbonyl (C=O) groups is 1. The minimum atomic E-state index is -1.07. The number of nitrogens with zero attached hydrogens (tertiary/aromatic N) is 1. The van der Waals surface area contributed by atoms with Crippen molar-refractivity contribution in [3.63, 3.8) is 0 Å². The van der Waals surface area contributed by atoms with Crippen LogP contribution in [0.3, 0.4) is 0 Å². The number of para-hydroxylation sites is 1. The molecule has 0 radical (unpaired) electrons. The maximum Gasteiger partial charge on any atom is 0.271 e. The zero-order chi connectivity index (χ0) is 9.97. The Hall–Kier alpha value is -1.39. The molecular formula is C10H12N2O2. The summed E-state index contributed by atoms with van der Waals surface area (Å²) in [4.78, 5) is 13.1. The molecule has 14 heavy (non-hydrogen) atoms. The lowest BCUT2D eigenvalue weighted by Gasteiger charge is -2.30. The first-order chi connectivity index (χ1) is 6.79. The first-order valence-electron chi connectivity index (χ1n) is 4.57. The molecule has 0 spiro atoms. The Morgan fingerprint density at radius 3 is 2.79 bits per heavy atom. The van der Waals surface area contributed by atoms with Gasteiger partial charge in [0.05, 0.1) is 0 Å². The van der Waals surface area contributed by atoms with Crippen LogP contribution in [0.25, 0.3) is 0 Å². The minimum Gasteiger partial charge on any atom is -0.370 e. The molecule has 0 saturated carbocycles. The van der Waals surface area contributed by atoms with Crippen molar-refractivity contribution in [2.24, 2.45) is 0 Å². The number of aliphatic hydroxyl groups excluding tert-OH is 1. The number of benzene rings is 1. The van der Waals surface area contributed by atoms with E-state index in [9.17, 15) is 9.90 Å². The number of anilines is 1. The topological polar surface area (TPSA) is 52.6 Å². The molecule has 2 rings (SSSR count). The maximum atomic E-state index is 11.5. The van der Waals surface area contributed by atoms with Crippen molar-refractivity contribution in [1.82, 2.24) is 5.32 Å². The van der Waals surface area contributed by atoms with Gasteiger partial charge in [-0.05, 0) is 12.1 Å². The summed E-state index contributed by atoms with van der Waals surface area (Å²) in [5, 5.41) is 12.0. The van der Waals surface area contributed by atoms with Gasteiger partial charge in [-0.3, -0.25) is 10.1 Å². The number of carbonyl (C=O) groups excluding carboxylic acids is 1. The molecule has 4 nitrogen and oxygen atoms in total. The van der Waals surface area contributed by atoms with E-state index in [4.69, 9.17) is 0 Å². The Bertz CT molecular complexity index is 326. The standard InChI is InChI=1S/C10H12N2O2/c13-9-10(14)12(7-6-11-9)8-4-2-1-3-5-8/h1-5,9,11,13H,6-7H2. The number of hydrogen-bond donors (Lipinski definition) is 2. The van der Waals surface area contributed by atoms with E-state index in [1.54, 1.807) is 4.90 Å². The smallest absolute Gasteiger partial charge is 0.271 e. The van der Waals surface area contributed by atoms with E-state index in [0.717, 1.165) is 5.69 Å². The lowest BCUT2D eigenvalue weighted by molar-refractivity contribution is -0.129. The van der Waals surface area contributed by atoms with Crippen LogP contribution in [0.2, 0.25) is 0 Å². The molecule has 1 amide bonds. The average molecular weight is 192 g/mol. The molecule has 0 bridgehead atoms. The van der Waals surface area contributed by atoms with E-state index >= 15 is 0 Å². The van der Waals surface area contributed by atoms with Crippen LogP contribution in [0.4, 0.5) is 5.69 Å². The van der Waals surface area contributed by atoms with Crippen molar-refractivity contribution < 1.29 is 9.90 Å². The van der Waals surface area contributed by atoms with Gasteiger partial charge >= 0.3 is 0 Å². The van der Waals surface area contributed by atoms with E-state index in [1.807, 2.05) is 30.3 Å². The predicted octanol–water partition coefficient (Wildman–Crippen LogP) is -0.0588. The second kappa shape index (κ2) is 3.77. The van der Waals surface area contributed by atoms with Gasteiger partial charge in [-0.25, -0.2) is 0 Å². The summed E-state index contributed by atoms with van der Waals surface area (Å²) >= 11 is 0. The molecule has 1 aromatic carbocycles. The number of piperazine rings is 1. The summed E-state index contributed by atoms with van der Waals surface area (Å²) < 4.78 is 0. The van der Waals surface area contributed by atoms with Crippen molar-refractivity contribution in [3.8, 4) is 0 Å². The van der Waals surface area contributed by atoms with Gasteiger partial charge in [0.15, 0.2) is 6.23 Å². The monoisotopic (exact) mass is 192 g/mol. The van der Waals surface area contributed by atoms with Crippen LogP contribution in [0.1, 0.15) is 0 Å². The SMILES string of the molecule is O=C1C(O)NCCN1c1ccccc1. The average Bonchev–Trinajstić information content (AvgIpc) is 2.23. The van der Waals surface area contributed by atoms with E-state index in [0.29, 0.717) is 13.1 Å². The summed E-state index contributed by atoms with van der Waals surface area (Å²) in [6, 6.07) is 9.35. The Balaban J connectivity index is 2.22. The predicted molar refractivity (Wildman–Crippen MR) is 52.8 cm³/mol. The molecular weight excluding hydrogens is 180 g/mol. The van der Waals surface area contributed by atoms with Gasteiger partial charge < -0.3 is 10.0 Å². The van der Waals surface area contributed by atoms with Crippen LogP contribution in [0.15, 0.2) is 30.3 Å². The molecule has 1 fully saturated rings. The molecule has 4 heteroatoms. The van der Waals surface area contributed by atoms with Gasteiger partial charge in [0.2, 0.25) is 0 Å². The normalized spacial score (nSPS) is 22.5. The molecule has 1 aliphatic rings. The van der Waals surface area contributed by atoms with E-state index in [-0.39, 0.29) is 5.91 Å². The molecule has 1 aromatic rings. The first kappa shape index (κ1) is 9.18. The summed E-state index contributed by atoms with van der Waals surface area (Å²) in [5.74, 6) is -0.289. The number of nitrogens with one attached hydrogen (secondary N) is 1. The van der Waals surface area contributed by atoms with Crippen molar-refractivity contribution in [1.29, 1.82) is 0 Å². The highest BCUT2D eigenvalue weighted by Gasteiger charge is 2.26. The zero-order valence-electron chi connectivity index (χ0n) is 7.68. The Morgan fingerprint density at radius 2 is 2.07 bits per heavy atom. The quantitative estimate of drug-likeness (QED) is 0.655. The fourth-order valence-electron chi connectivity index (χ4n) is 1.52. The third-order valence-corrected chi connectivity index (χ3v) is 2.24. The van der Waals surface area contributed by atoms with Crippen LogP contribution in [0.5, 0.6) is 0 Å². The summed E-state index contributed by atoms with van der Waals surface area (Å²) in [6.45, 7) is 1.21. The molecule has 0 aromatic heterocycles. The van der Waals surface area contributed by atoms with Gasteiger partial charge in [-0.1, -0.05) is 18.2 Å². The zero-order valence-corrected chi connectivity index (χ0v) is 7.68. The number of rotatable bonds is 1. The van der Waals surface area contributed by atoms with Crippen molar-refractivity contribution in [2.45, 2.75) is 6.23 Å². The van der Waals surface area contributed by atoms with Gasteiger partial charge in [-0.15, -0.1) is 0 Å². The third kappa shape index (κ3) is 1.62. The highest BCUT2D eigenvalue weighted by atomic mass is 16.3. The molecule has 2 N–H and O–H groups in total.